The Labute approximate surface area is 144 Å². The first-order valence-electron chi connectivity index (χ1n) is 8.91. The van der Waals surface area contributed by atoms with Gasteiger partial charge in [-0.25, -0.2) is 8.42 Å². The number of sulfonamides is 1. The molecule has 1 amide bonds. The topological polar surface area (TPSA) is 57.7 Å². The van der Waals surface area contributed by atoms with Crippen molar-refractivity contribution in [3.8, 4) is 0 Å². The molecule has 0 spiro atoms. The fraction of sp³-hybridized carbons (Fsp3) is 0.611. The van der Waals surface area contributed by atoms with E-state index in [1.165, 1.54) is 0 Å². The van der Waals surface area contributed by atoms with Gasteiger partial charge in [0.15, 0.2) is 0 Å². The predicted octanol–water partition coefficient (Wildman–Crippen LogP) is 2.88. The molecule has 0 aromatic heterocycles. The summed E-state index contributed by atoms with van der Waals surface area (Å²) in [6.45, 7) is 3.96. The molecule has 0 saturated carbocycles. The Kier molecular flexibility index (Phi) is 5.25. The lowest BCUT2D eigenvalue weighted by Crippen LogP contribution is -2.42. The zero-order valence-corrected chi connectivity index (χ0v) is 15.1. The van der Waals surface area contributed by atoms with Crippen molar-refractivity contribution in [2.24, 2.45) is 0 Å². The molecule has 0 bridgehead atoms. The minimum atomic E-state index is -3.50. The minimum absolute atomic E-state index is 0.0575. The lowest BCUT2D eigenvalue weighted by Gasteiger charge is -2.33. The molecule has 3 rings (SSSR count). The Morgan fingerprint density at radius 1 is 1.04 bits per heavy atom. The number of piperidine rings is 2. The third-order valence-electron chi connectivity index (χ3n) is 5.10. The van der Waals surface area contributed by atoms with Crippen LogP contribution in [0, 0.1) is 0 Å². The first-order chi connectivity index (χ1) is 11.5. The molecule has 2 saturated heterocycles. The van der Waals surface area contributed by atoms with Crippen molar-refractivity contribution in [1.82, 2.24) is 9.21 Å². The third-order valence-corrected chi connectivity index (χ3v) is 6.99. The van der Waals surface area contributed by atoms with Gasteiger partial charge in [0, 0.05) is 31.2 Å². The maximum Gasteiger partial charge on any atom is 0.254 e. The van der Waals surface area contributed by atoms with Crippen molar-refractivity contribution in [3.63, 3.8) is 0 Å². The van der Waals surface area contributed by atoms with Crippen LogP contribution in [0.4, 0.5) is 0 Å². The van der Waals surface area contributed by atoms with E-state index in [1.807, 2.05) is 4.90 Å². The van der Waals surface area contributed by atoms with Crippen molar-refractivity contribution in [3.05, 3.63) is 29.8 Å². The van der Waals surface area contributed by atoms with E-state index in [4.69, 9.17) is 0 Å². The molecule has 132 valence electrons. The predicted molar refractivity (Wildman–Crippen MR) is 93.4 cm³/mol. The van der Waals surface area contributed by atoms with E-state index in [0.717, 1.165) is 45.1 Å². The van der Waals surface area contributed by atoms with Gasteiger partial charge >= 0.3 is 0 Å². The number of hydrogen-bond donors (Lipinski definition) is 0. The molecule has 2 aliphatic heterocycles. The summed E-state index contributed by atoms with van der Waals surface area (Å²) < 4.78 is 27.2. The number of likely N-dealkylation sites (tertiary alicyclic amines) is 1. The molecule has 1 aromatic carbocycles. The molecule has 2 heterocycles. The molecule has 1 unspecified atom stereocenters. The number of amides is 1. The molecule has 0 aliphatic carbocycles. The van der Waals surface area contributed by atoms with Gasteiger partial charge in [-0.3, -0.25) is 4.79 Å². The van der Waals surface area contributed by atoms with Crippen LogP contribution in [-0.4, -0.2) is 49.2 Å². The Bertz CT molecular complexity index is 696. The fourth-order valence-corrected chi connectivity index (χ4v) is 5.17. The summed E-state index contributed by atoms with van der Waals surface area (Å²) in [4.78, 5) is 14.9. The molecule has 1 atom stereocenters. The van der Waals surface area contributed by atoms with Gasteiger partial charge < -0.3 is 4.90 Å². The molecular weight excluding hydrogens is 324 g/mol. The summed E-state index contributed by atoms with van der Waals surface area (Å²) in [6, 6.07) is 6.76. The van der Waals surface area contributed by atoms with Crippen molar-refractivity contribution >= 4 is 15.9 Å². The smallest absolute Gasteiger partial charge is 0.254 e. The molecule has 6 heteroatoms. The van der Waals surface area contributed by atoms with Crippen LogP contribution >= 0.6 is 0 Å². The maximum atomic E-state index is 12.8. The van der Waals surface area contributed by atoms with Crippen molar-refractivity contribution < 1.29 is 13.2 Å². The standard InChI is InChI=1S/C18H26N2O3S/c1-15-8-3-6-13-20(15)18(21)16-9-7-10-17(14-16)24(22,23)19-11-4-2-5-12-19/h7,9-10,14-15H,2-6,8,11-13H2,1H3. The fourth-order valence-electron chi connectivity index (χ4n) is 3.61. The lowest BCUT2D eigenvalue weighted by atomic mass is 10.0. The van der Waals surface area contributed by atoms with Gasteiger partial charge in [0.25, 0.3) is 5.91 Å². The summed E-state index contributed by atoms with van der Waals surface area (Å²) >= 11 is 0. The lowest BCUT2D eigenvalue weighted by molar-refractivity contribution is 0.0635. The van der Waals surface area contributed by atoms with Crippen LogP contribution in [0.25, 0.3) is 0 Å². The summed E-state index contributed by atoms with van der Waals surface area (Å²) in [7, 11) is -3.50. The highest BCUT2D eigenvalue weighted by Gasteiger charge is 2.28. The highest BCUT2D eigenvalue weighted by atomic mass is 32.2. The Morgan fingerprint density at radius 2 is 1.75 bits per heavy atom. The minimum Gasteiger partial charge on any atom is -0.336 e. The maximum absolute atomic E-state index is 12.8. The first kappa shape index (κ1) is 17.4. The molecule has 2 aliphatic rings. The second-order valence-corrected chi connectivity index (χ2v) is 8.77. The average molecular weight is 350 g/mol. The molecule has 2 fully saturated rings. The van der Waals surface area contributed by atoms with Crippen LogP contribution in [0.1, 0.15) is 55.8 Å². The second-order valence-electron chi connectivity index (χ2n) is 6.84. The number of carbonyl (C=O) groups is 1. The van der Waals surface area contributed by atoms with Gasteiger partial charge in [-0.1, -0.05) is 12.5 Å². The van der Waals surface area contributed by atoms with Gasteiger partial charge in [0.05, 0.1) is 4.90 Å². The van der Waals surface area contributed by atoms with Gasteiger partial charge in [0.1, 0.15) is 0 Å². The number of rotatable bonds is 3. The Hall–Kier alpha value is -1.40. The number of nitrogens with zero attached hydrogens (tertiary/aromatic N) is 2. The molecule has 0 N–H and O–H groups in total. The van der Waals surface area contributed by atoms with Crippen LogP contribution in [0.3, 0.4) is 0 Å². The second kappa shape index (κ2) is 7.23. The Morgan fingerprint density at radius 3 is 2.46 bits per heavy atom. The number of benzene rings is 1. The summed E-state index contributed by atoms with van der Waals surface area (Å²) in [5.74, 6) is -0.0575. The quantitative estimate of drug-likeness (QED) is 0.842. The highest BCUT2D eigenvalue weighted by Crippen LogP contribution is 2.23. The van der Waals surface area contributed by atoms with Crippen LogP contribution in [0.2, 0.25) is 0 Å². The summed E-state index contributed by atoms with van der Waals surface area (Å²) in [5, 5.41) is 0. The molecule has 0 radical (unpaired) electrons. The van der Waals surface area contributed by atoms with E-state index in [1.54, 1.807) is 28.6 Å². The van der Waals surface area contributed by atoms with Gasteiger partial charge in [-0.05, 0) is 57.2 Å². The number of carbonyl (C=O) groups excluding carboxylic acids is 1. The average Bonchev–Trinajstić information content (AvgIpc) is 2.62. The number of hydrogen-bond acceptors (Lipinski definition) is 3. The van der Waals surface area contributed by atoms with Crippen LogP contribution in [0.5, 0.6) is 0 Å². The first-order valence-corrected chi connectivity index (χ1v) is 10.4. The van der Waals surface area contributed by atoms with Crippen molar-refractivity contribution in [2.75, 3.05) is 19.6 Å². The molecule has 5 nitrogen and oxygen atoms in total. The van der Waals surface area contributed by atoms with E-state index in [-0.39, 0.29) is 16.8 Å². The van der Waals surface area contributed by atoms with Crippen LogP contribution in [-0.2, 0) is 10.0 Å². The normalized spacial score (nSPS) is 23.2. The van der Waals surface area contributed by atoms with E-state index in [9.17, 15) is 13.2 Å². The molecule has 24 heavy (non-hydrogen) atoms. The van der Waals surface area contributed by atoms with E-state index < -0.39 is 10.0 Å². The monoisotopic (exact) mass is 350 g/mol. The van der Waals surface area contributed by atoms with Gasteiger partial charge in [-0.15, -0.1) is 0 Å². The zero-order chi connectivity index (χ0) is 17.2. The van der Waals surface area contributed by atoms with Crippen molar-refractivity contribution in [2.45, 2.75) is 56.4 Å². The zero-order valence-electron chi connectivity index (χ0n) is 14.3. The Balaban J connectivity index is 1.84. The van der Waals surface area contributed by atoms with Crippen LogP contribution < -0.4 is 0 Å². The van der Waals surface area contributed by atoms with Gasteiger partial charge in [0.2, 0.25) is 10.0 Å². The van der Waals surface area contributed by atoms with E-state index in [2.05, 4.69) is 6.92 Å². The largest absolute Gasteiger partial charge is 0.336 e. The molecular formula is C18H26N2O3S. The van der Waals surface area contributed by atoms with Crippen molar-refractivity contribution in [1.29, 1.82) is 0 Å². The van der Waals surface area contributed by atoms with Crippen LogP contribution in [0.15, 0.2) is 29.2 Å². The van der Waals surface area contributed by atoms with E-state index >= 15 is 0 Å². The molecule has 1 aromatic rings. The van der Waals surface area contributed by atoms with Gasteiger partial charge in [-0.2, -0.15) is 4.31 Å². The SMILES string of the molecule is CC1CCCCN1C(=O)c1cccc(S(=O)(=O)N2CCCCC2)c1. The third kappa shape index (κ3) is 3.49. The summed E-state index contributed by atoms with van der Waals surface area (Å²) in [5.41, 5.74) is 0.474. The highest BCUT2D eigenvalue weighted by molar-refractivity contribution is 7.89. The summed E-state index contributed by atoms with van der Waals surface area (Å²) in [6.07, 6.45) is 6.07. The van der Waals surface area contributed by atoms with E-state index in [0.29, 0.717) is 18.7 Å².